The van der Waals surface area contributed by atoms with E-state index in [4.69, 9.17) is 0 Å². The number of nitrogens with zero attached hydrogens (tertiary/aromatic N) is 1. The number of anilines is 1. The van der Waals surface area contributed by atoms with Crippen molar-refractivity contribution in [2.75, 3.05) is 25.5 Å². The smallest absolute Gasteiger partial charge is 0.243 e. The molecule has 0 saturated heterocycles. The molecule has 0 heterocycles. The fourth-order valence-electron chi connectivity index (χ4n) is 3.10. The molecule has 1 aliphatic rings. The number of halogens is 4. The predicted octanol–water partition coefficient (Wildman–Crippen LogP) is 3.80. The molecule has 0 radical (unpaired) electrons. The van der Waals surface area contributed by atoms with E-state index in [-0.39, 0.29) is 30.5 Å². The number of hydrogen-bond donors (Lipinski definition) is 3. The molecule has 27 heavy (non-hydrogen) atoms. The summed E-state index contributed by atoms with van der Waals surface area (Å²) in [6.45, 7) is 0.566. The molecular weight excluding hydrogens is 472 g/mol. The van der Waals surface area contributed by atoms with Gasteiger partial charge in [-0.15, -0.1) is 24.0 Å². The number of nitrogens with one attached hydrogen (secondary N) is 3. The summed E-state index contributed by atoms with van der Waals surface area (Å²) in [4.78, 5) is 15.9. The van der Waals surface area contributed by atoms with Gasteiger partial charge in [0.1, 0.15) is 0 Å². The fraction of sp³-hybridized carbons (Fsp3) is 0.556. The molecule has 1 aromatic rings. The standard InChI is InChI=1S/C18H25F3N4O.HI/c1-22-18(23-10-4-7-12-5-2-3-6-12)24-11-15(26)25-14-9-8-13(19)16(20)17(14)21;/h8-9,12H,2-7,10-11H2,1H3,(H,25,26)(H2,22,23,24);1H. The van der Waals surface area contributed by atoms with Crippen LogP contribution in [-0.2, 0) is 4.79 Å². The number of hydrogen-bond acceptors (Lipinski definition) is 2. The Labute approximate surface area is 174 Å². The van der Waals surface area contributed by atoms with Gasteiger partial charge >= 0.3 is 0 Å². The highest BCUT2D eigenvalue weighted by atomic mass is 127. The second-order valence-corrected chi connectivity index (χ2v) is 6.42. The minimum absolute atomic E-state index is 0. The quantitative estimate of drug-likeness (QED) is 0.176. The summed E-state index contributed by atoms with van der Waals surface area (Å²) in [6.07, 6.45) is 7.49. The molecule has 0 spiro atoms. The second kappa shape index (κ2) is 12.0. The van der Waals surface area contributed by atoms with Gasteiger partial charge in [-0.3, -0.25) is 9.79 Å². The maximum atomic E-state index is 13.5. The van der Waals surface area contributed by atoms with E-state index < -0.39 is 29.0 Å². The lowest BCUT2D eigenvalue weighted by Gasteiger charge is -2.13. The zero-order chi connectivity index (χ0) is 18.9. The van der Waals surface area contributed by atoms with E-state index in [2.05, 4.69) is 20.9 Å². The van der Waals surface area contributed by atoms with E-state index in [1.807, 2.05) is 0 Å². The van der Waals surface area contributed by atoms with Crippen LogP contribution in [0, 0.1) is 23.4 Å². The van der Waals surface area contributed by atoms with Gasteiger partial charge in [0.05, 0.1) is 12.2 Å². The van der Waals surface area contributed by atoms with Crippen molar-refractivity contribution in [3.8, 4) is 0 Å². The van der Waals surface area contributed by atoms with Gasteiger partial charge in [0.25, 0.3) is 0 Å². The van der Waals surface area contributed by atoms with Crippen LogP contribution in [0.2, 0.25) is 0 Å². The molecule has 0 bridgehead atoms. The van der Waals surface area contributed by atoms with E-state index in [1.165, 1.54) is 32.1 Å². The summed E-state index contributed by atoms with van der Waals surface area (Å²) in [5.41, 5.74) is -0.407. The number of carbonyl (C=O) groups excluding carboxylic acids is 1. The molecule has 9 heteroatoms. The highest BCUT2D eigenvalue weighted by molar-refractivity contribution is 14.0. The third kappa shape index (κ3) is 7.55. The number of aliphatic imine (C=N–C) groups is 1. The van der Waals surface area contributed by atoms with Crippen LogP contribution >= 0.6 is 24.0 Å². The Bertz CT molecular complexity index is 652. The van der Waals surface area contributed by atoms with Crippen LogP contribution in [0.4, 0.5) is 18.9 Å². The topological polar surface area (TPSA) is 65.5 Å². The molecule has 3 N–H and O–H groups in total. The average Bonchev–Trinajstić information content (AvgIpc) is 3.15. The van der Waals surface area contributed by atoms with Crippen LogP contribution in [0.15, 0.2) is 17.1 Å². The van der Waals surface area contributed by atoms with Crippen molar-refractivity contribution in [1.29, 1.82) is 0 Å². The van der Waals surface area contributed by atoms with Crippen LogP contribution < -0.4 is 16.0 Å². The van der Waals surface area contributed by atoms with Crippen LogP contribution in [0.3, 0.4) is 0 Å². The summed E-state index contributed by atoms with van der Waals surface area (Å²) in [5.74, 6) is -3.66. The van der Waals surface area contributed by atoms with Gasteiger partial charge in [-0.05, 0) is 30.9 Å². The van der Waals surface area contributed by atoms with Gasteiger partial charge in [-0.25, -0.2) is 13.2 Å². The number of amides is 1. The lowest BCUT2D eigenvalue weighted by molar-refractivity contribution is -0.115. The average molecular weight is 498 g/mol. The Morgan fingerprint density at radius 1 is 1.15 bits per heavy atom. The maximum absolute atomic E-state index is 13.5. The van der Waals surface area contributed by atoms with E-state index >= 15 is 0 Å². The van der Waals surface area contributed by atoms with Crippen molar-refractivity contribution in [2.24, 2.45) is 10.9 Å². The minimum Gasteiger partial charge on any atom is -0.356 e. The molecule has 152 valence electrons. The van der Waals surface area contributed by atoms with Crippen LogP contribution in [-0.4, -0.2) is 32.0 Å². The van der Waals surface area contributed by atoms with Crippen molar-refractivity contribution in [3.63, 3.8) is 0 Å². The zero-order valence-electron chi connectivity index (χ0n) is 15.3. The first-order chi connectivity index (χ1) is 12.5. The molecule has 1 fully saturated rings. The largest absolute Gasteiger partial charge is 0.356 e. The molecular formula is C18H26F3IN4O. The monoisotopic (exact) mass is 498 g/mol. The van der Waals surface area contributed by atoms with Gasteiger partial charge in [0.2, 0.25) is 5.91 Å². The van der Waals surface area contributed by atoms with Crippen molar-refractivity contribution < 1.29 is 18.0 Å². The molecule has 5 nitrogen and oxygen atoms in total. The summed E-state index contributed by atoms with van der Waals surface area (Å²) in [6, 6.07) is 1.73. The van der Waals surface area contributed by atoms with Crippen LogP contribution in [0.5, 0.6) is 0 Å². The van der Waals surface area contributed by atoms with Crippen molar-refractivity contribution >= 4 is 41.5 Å². The Morgan fingerprint density at radius 3 is 2.52 bits per heavy atom. The first kappa shape index (κ1) is 23.5. The molecule has 0 atom stereocenters. The summed E-state index contributed by atoms with van der Waals surface area (Å²) >= 11 is 0. The fourth-order valence-corrected chi connectivity index (χ4v) is 3.10. The number of carbonyl (C=O) groups is 1. The highest BCUT2D eigenvalue weighted by Gasteiger charge is 2.16. The molecule has 2 rings (SSSR count). The summed E-state index contributed by atoms with van der Waals surface area (Å²) in [7, 11) is 1.58. The lowest BCUT2D eigenvalue weighted by atomic mass is 10.0. The van der Waals surface area contributed by atoms with Gasteiger partial charge < -0.3 is 16.0 Å². The Hall–Kier alpha value is -1.52. The highest BCUT2D eigenvalue weighted by Crippen LogP contribution is 2.28. The molecule has 1 amide bonds. The van der Waals surface area contributed by atoms with E-state index in [1.54, 1.807) is 7.05 Å². The van der Waals surface area contributed by atoms with Gasteiger partial charge in [0.15, 0.2) is 23.4 Å². The number of rotatable bonds is 7. The SMILES string of the molecule is CN=C(NCCCC1CCCC1)NCC(=O)Nc1ccc(F)c(F)c1F.I. The van der Waals surface area contributed by atoms with Crippen LogP contribution in [0.1, 0.15) is 38.5 Å². The maximum Gasteiger partial charge on any atom is 0.243 e. The lowest BCUT2D eigenvalue weighted by Crippen LogP contribution is -2.41. The molecule has 1 aromatic carbocycles. The molecule has 1 saturated carbocycles. The number of benzene rings is 1. The normalized spacial score (nSPS) is 14.6. The third-order valence-corrected chi connectivity index (χ3v) is 4.51. The number of guanidine groups is 1. The Balaban J connectivity index is 0.00000364. The summed E-state index contributed by atoms with van der Waals surface area (Å²) < 4.78 is 39.6. The van der Waals surface area contributed by atoms with E-state index in [9.17, 15) is 18.0 Å². The van der Waals surface area contributed by atoms with Gasteiger partial charge in [-0.1, -0.05) is 25.7 Å². The van der Waals surface area contributed by atoms with Gasteiger partial charge in [-0.2, -0.15) is 0 Å². The molecule has 1 aliphatic carbocycles. The first-order valence-electron chi connectivity index (χ1n) is 8.89. The van der Waals surface area contributed by atoms with Gasteiger partial charge in [0, 0.05) is 13.6 Å². The molecule has 0 unspecified atom stereocenters. The summed E-state index contributed by atoms with van der Waals surface area (Å²) in [5, 5.41) is 8.11. The second-order valence-electron chi connectivity index (χ2n) is 6.42. The van der Waals surface area contributed by atoms with E-state index in [0.29, 0.717) is 5.96 Å². The predicted molar refractivity (Wildman–Crippen MR) is 111 cm³/mol. The van der Waals surface area contributed by atoms with E-state index in [0.717, 1.165) is 31.0 Å². The third-order valence-electron chi connectivity index (χ3n) is 4.51. The van der Waals surface area contributed by atoms with Crippen molar-refractivity contribution in [2.45, 2.75) is 38.5 Å². The Kier molecular flexibility index (Phi) is 10.5. The first-order valence-corrected chi connectivity index (χ1v) is 8.89. The molecule has 0 aliphatic heterocycles. The van der Waals surface area contributed by atoms with Crippen molar-refractivity contribution in [1.82, 2.24) is 10.6 Å². The zero-order valence-corrected chi connectivity index (χ0v) is 17.6. The van der Waals surface area contributed by atoms with Crippen molar-refractivity contribution in [3.05, 3.63) is 29.6 Å². The molecule has 0 aromatic heterocycles. The minimum atomic E-state index is -1.62. The Morgan fingerprint density at radius 2 is 1.85 bits per heavy atom. The van der Waals surface area contributed by atoms with Crippen LogP contribution in [0.25, 0.3) is 0 Å².